The van der Waals surface area contributed by atoms with Crippen LogP contribution in [0.25, 0.3) is 11.6 Å². The first kappa shape index (κ1) is 13.3. The van der Waals surface area contributed by atoms with Crippen LogP contribution in [0.1, 0.15) is 41.8 Å². The van der Waals surface area contributed by atoms with Crippen molar-refractivity contribution in [1.29, 1.82) is 0 Å². The Morgan fingerprint density at radius 3 is 2.80 bits per heavy atom. The summed E-state index contributed by atoms with van der Waals surface area (Å²) in [5.41, 5.74) is 5.60. The van der Waals surface area contributed by atoms with Gasteiger partial charge in [0.05, 0.1) is 5.69 Å². The van der Waals surface area contributed by atoms with Crippen molar-refractivity contribution in [1.82, 2.24) is 15.0 Å². The zero-order valence-electron chi connectivity index (χ0n) is 11.7. The smallest absolute Gasteiger partial charge is 0.129 e. The first-order valence-electron chi connectivity index (χ1n) is 6.86. The van der Waals surface area contributed by atoms with Gasteiger partial charge in [0, 0.05) is 11.4 Å². The second-order valence-electron chi connectivity index (χ2n) is 4.98. The molecular formula is C16H16ClN3. The second-order valence-corrected chi connectivity index (χ2v) is 5.37. The topological polar surface area (TPSA) is 38.7 Å². The zero-order valence-corrected chi connectivity index (χ0v) is 12.4. The molecule has 0 saturated carbocycles. The van der Waals surface area contributed by atoms with Gasteiger partial charge in [-0.25, -0.2) is 15.0 Å². The molecule has 1 aliphatic rings. The maximum Gasteiger partial charge on any atom is 0.129 e. The molecule has 4 heteroatoms. The molecule has 0 radical (unpaired) electrons. The summed E-state index contributed by atoms with van der Waals surface area (Å²) in [5.74, 6) is 0.834. The highest BCUT2D eigenvalue weighted by molar-refractivity contribution is 6.29. The third kappa shape index (κ3) is 2.59. The van der Waals surface area contributed by atoms with E-state index in [1.807, 2.05) is 19.1 Å². The second kappa shape index (κ2) is 5.33. The van der Waals surface area contributed by atoms with E-state index in [1.165, 1.54) is 5.57 Å². The molecular weight excluding hydrogens is 270 g/mol. The van der Waals surface area contributed by atoms with Crippen molar-refractivity contribution in [3.63, 3.8) is 0 Å². The zero-order chi connectivity index (χ0) is 14.1. The molecule has 2 heterocycles. The van der Waals surface area contributed by atoms with Crippen molar-refractivity contribution in [2.45, 2.75) is 33.1 Å². The lowest BCUT2D eigenvalue weighted by molar-refractivity contribution is 0.908. The molecule has 20 heavy (non-hydrogen) atoms. The summed E-state index contributed by atoms with van der Waals surface area (Å²) in [4.78, 5) is 13.4. The van der Waals surface area contributed by atoms with Gasteiger partial charge in [0.15, 0.2) is 0 Å². The monoisotopic (exact) mass is 285 g/mol. The molecule has 3 rings (SSSR count). The van der Waals surface area contributed by atoms with E-state index in [0.29, 0.717) is 5.15 Å². The average molecular weight is 286 g/mol. The molecule has 0 fully saturated rings. The molecule has 3 nitrogen and oxygen atoms in total. The van der Waals surface area contributed by atoms with Crippen molar-refractivity contribution in [3.8, 4) is 0 Å². The summed E-state index contributed by atoms with van der Waals surface area (Å²) >= 11 is 5.94. The quantitative estimate of drug-likeness (QED) is 0.786. The predicted octanol–water partition coefficient (Wildman–Crippen LogP) is 3.88. The highest BCUT2D eigenvalue weighted by Crippen LogP contribution is 2.29. The van der Waals surface area contributed by atoms with Gasteiger partial charge >= 0.3 is 0 Å². The van der Waals surface area contributed by atoms with E-state index in [2.05, 4.69) is 34.0 Å². The third-order valence-corrected chi connectivity index (χ3v) is 3.73. The molecule has 0 saturated heterocycles. The molecule has 2 aromatic heterocycles. The van der Waals surface area contributed by atoms with Crippen LogP contribution in [0.5, 0.6) is 0 Å². The summed E-state index contributed by atoms with van der Waals surface area (Å²) in [7, 11) is 0. The van der Waals surface area contributed by atoms with Crippen LogP contribution in [0.2, 0.25) is 5.15 Å². The highest BCUT2D eigenvalue weighted by Gasteiger charge is 2.15. The number of hydrogen-bond donors (Lipinski definition) is 0. The standard InChI is InChI=1S/C16H16ClN3/c1-3-13-9-15(19-10(2)18-13)12-4-6-14-11(8-12)5-7-16(17)20-14/h5,7-9H,3-4,6H2,1-2H3. The van der Waals surface area contributed by atoms with Crippen molar-refractivity contribution >= 4 is 23.3 Å². The highest BCUT2D eigenvalue weighted by atomic mass is 35.5. The van der Waals surface area contributed by atoms with Gasteiger partial charge in [0.2, 0.25) is 0 Å². The lowest BCUT2D eigenvalue weighted by Gasteiger charge is -2.16. The third-order valence-electron chi connectivity index (χ3n) is 3.52. The largest absolute Gasteiger partial charge is 0.241 e. The SMILES string of the molecule is CCc1cc(C2=Cc3ccc(Cl)nc3CC2)nc(C)n1. The Hall–Kier alpha value is -1.74. The number of allylic oxidation sites excluding steroid dienone is 1. The first-order chi connectivity index (χ1) is 9.65. The number of aryl methyl sites for hydroxylation is 3. The minimum Gasteiger partial charge on any atom is -0.241 e. The number of fused-ring (bicyclic) bond motifs is 1. The van der Waals surface area contributed by atoms with E-state index in [9.17, 15) is 0 Å². The molecule has 0 aromatic carbocycles. The van der Waals surface area contributed by atoms with Gasteiger partial charge in [-0.1, -0.05) is 24.6 Å². The van der Waals surface area contributed by atoms with Gasteiger partial charge in [0.1, 0.15) is 11.0 Å². The Labute approximate surface area is 123 Å². The molecule has 0 atom stereocenters. The van der Waals surface area contributed by atoms with Gasteiger partial charge in [-0.2, -0.15) is 0 Å². The first-order valence-corrected chi connectivity index (χ1v) is 7.24. The average Bonchev–Trinajstić information content (AvgIpc) is 2.46. The van der Waals surface area contributed by atoms with Crippen LogP contribution in [0.15, 0.2) is 18.2 Å². The number of hydrogen-bond acceptors (Lipinski definition) is 3. The minimum atomic E-state index is 0.562. The van der Waals surface area contributed by atoms with Crippen LogP contribution in [-0.2, 0) is 12.8 Å². The Bertz CT molecular complexity index is 692. The van der Waals surface area contributed by atoms with E-state index >= 15 is 0 Å². The number of nitrogens with zero attached hydrogens (tertiary/aromatic N) is 3. The van der Waals surface area contributed by atoms with E-state index < -0.39 is 0 Å². The van der Waals surface area contributed by atoms with Gasteiger partial charge in [0.25, 0.3) is 0 Å². The van der Waals surface area contributed by atoms with Crippen LogP contribution in [0.4, 0.5) is 0 Å². The van der Waals surface area contributed by atoms with Crippen LogP contribution < -0.4 is 0 Å². The molecule has 102 valence electrons. The van der Waals surface area contributed by atoms with Gasteiger partial charge < -0.3 is 0 Å². The fraction of sp³-hybridized carbons (Fsp3) is 0.312. The molecule has 0 spiro atoms. The maximum atomic E-state index is 5.94. The maximum absolute atomic E-state index is 5.94. The molecule has 0 unspecified atom stereocenters. The summed E-state index contributed by atoms with van der Waals surface area (Å²) in [6.45, 7) is 4.06. The molecule has 2 aromatic rings. The summed E-state index contributed by atoms with van der Waals surface area (Å²) in [6.07, 6.45) is 4.95. The van der Waals surface area contributed by atoms with Crippen LogP contribution in [0, 0.1) is 6.92 Å². The molecule has 0 bridgehead atoms. The van der Waals surface area contributed by atoms with E-state index in [0.717, 1.165) is 47.7 Å². The predicted molar refractivity (Wildman–Crippen MR) is 81.6 cm³/mol. The number of rotatable bonds is 2. The Kier molecular flexibility index (Phi) is 3.53. The number of halogens is 1. The Morgan fingerprint density at radius 2 is 2.00 bits per heavy atom. The normalized spacial score (nSPS) is 13.8. The lowest BCUT2D eigenvalue weighted by Crippen LogP contribution is -2.05. The van der Waals surface area contributed by atoms with Gasteiger partial charge in [-0.15, -0.1) is 0 Å². The number of pyridine rings is 1. The van der Waals surface area contributed by atoms with Gasteiger partial charge in [-0.05, 0) is 55.5 Å². The summed E-state index contributed by atoms with van der Waals surface area (Å²) in [5, 5.41) is 0.562. The van der Waals surface area contributed by atoms with E-state index in [4.69, 9.17) is 11.6 Å². The van der Waals surface area contributed by atoms with Crippen LogP contribution in [0.3, 0.4) is 0 Å². The van der Waals surface area contributed by atoms with Crippen molar-refractivity contribution in [2.24, 2.45) is 0 Å². The lowest BCUT2D eigenvalue weighted by atomic mass is 9.94. The Morgan fingerprint density at radius 1 is 1.15 bits per heavy atom. The van der Waals surface area contributed by atoms with E-state index in [-0.39, 0.29) is 0 Å². The fourth-order valence-electron chi connectivity index (χ4n) is 2.51. The minimum absolute atomic E-state index is 0.562. The summed E-state index contributed by atoms with van der Waals surface area (Å²) < 4.78 is 0. The summed E-state index contributed by atoms with van der Waals surface area (Å²) in [6, 6.07) is 5.95. The Balaban J connectivity index is 2.03. The van der Waals surface area contributed by atoms with Crippen molar-refractivity contribution in [3.05, 3.63) is 51.8 Å². The molecule has 0 amide bonds. The number of aromatic nitrogens is 3. The van der Waals surface area contributed by atoms with Crippen molar-refractivity contribution < 1.29 is 0 Å². The van der Waals surface area contributed by atoms with Crippen molar-refractivity contribution in [2.75, 3.05) is 0 Å². The molecule has 1 aliphatic carbocycles. The molecule has 0 N–H and O–H groups in total. The van der Waals surface area contributed by atoms with Crippen LogP contribution in [-0.4, -0.2) is 15.0 Å². The molecule has 0 aliphatic heterocycles. The fourth-order valence-corrected chi connectivity index (χ4v) is 2.67. The van der Waals surface area contributed by atoms with Crippen LogP contribution >= 0.6 is 11.6 Å². The van der Waals surface area contributed by atoms with Gasteiger partial charge in [-0.3, -0.25) is 0 Å². The van der Waals surface area contributed by atoms with E-state index in [1.54, 1.807) is 0 Å².